The summed E-state index contributed by atoms with van der Waals surface area (Å²) in [7, 11) is 0. The summed E-state index contributed by atoms with van der Waals surface area (Å²) in [6.45, 7) is 8.17. The molecule has 1 aromatic rings. The molecule has 1 aromatic carbocycles. The van der Waals surface area contributed by atoms with Crippen molar-refractivity contribution in [3.05, 3.63) is 35.9 Å². The Morgan fingerprint density at radius 1 is 1.19 bits per heavy atom. The number of aliphatic imine (C=N–C) groups is 1. The van der Waals surface area contributed by atoms with Crippen LogP contribution in [-0.4, -0.2) is 37.5 Å². The molecule has 0 aliphatic heterocycles. The van der Waals surface area contributed by atoms with Crippen molar-refractivity contribution in [2.75, 3.05) is 19.6 Å². The quantitative estimate of drug-likeness (QED) is 0.309. The van der Waals surface area contributed by atoms with Crippen LogP contribution in [-0.2, 0) is 10.2 Å². The molecule has 1 amide bonds. The highest BCUT2D eigenvalue weighted by molar-refractivity contribution is 14.0. The molecule has 1 aliphatic carbocycles. The Labute approximate surface area is 174 Å². The normalized spacial score (nSPS) is 15.6. The van der Waals surface area contributed by atoms with Crippen molar-refractivity contribution < 1.29 is 4.79 Å². The first-order valence-corrected chi connectivity index (χ1v) is 9.43. The molecule has 0 spiro atoms. The molecule has 0 bridgehead atoms. The first-order valence-electron chi connectivity index (χ1n) is 9.43. The zero-order valence-electron chi connectivity index (χ0n) is 16.2. The number of benzene rings is 1. The monoisotopic (exact) mass is 472 g/mol. The number of hydrogen-bond acceptors (Lipinski definition) is 2. The molecule has 26 heavy (non-hydrogen) atoms. The molecule has 1 fully saturated rings. The van der Waals surface area contributed by atoms with Gasteiger partial charge in [-0.05, 0) is 39.2 Å². The van der Waals surface area contributed by atoms with Gasteiger partial charge in [0.2, 0.25) is 5.91 Å². The van der Waals surface area contributed by atoms with Crippen LogP contribution in [0, 0.1) is 0 Å². The fourth-order valence-corrected chi connectivity index (χ4v) is 3.19. The second-order valence-corrected chi connectivity index (χ2v) is 7.09. The van der Waals surface area contributed by atoms with E-state index in [9.17, 15) is 4.79 Å². The summed E-state index contributed by atoms with van der Waals surface area (Å²) in [5.41, 5.74) is 1.57. The van der Waals surface area contributed by atoms with Gasteiger partial charge in [-0.2, -0.15) is 0 Å². The van der Waals surface area contributed by atoms with Gasteiger partial charge in [0.1, 0.15) is 0 Å². The van der Waals surface area contributed by atoms with Gasteiger partial charge in [-0.1, -0.05) is 36.8 Å². The molecule has 0 aromatic heterocycles. The zero-order valence-corrected chi connectivity index (χ0v) is 18.5. The smallest absolute Gasteiger partial charge is 0.221 e. The van der Waals surface area contributed by atoms with Crippen LogP contribution in [0.15, 0.2) is 35.3 Å². The van der Waals surface area contributed by atoms with E-state index in [4.69, 9.17) is 4.99 Å². The number of guanidine groups is 1. The highest BCUT2D eigenvalue weighted by Crippen LogP contribution is 2.43. The van der Waals surface area contributed by atoms with Gasteiger partial charge in [0.15, 0.2) is 5.96 Å². The van der Waals surface area contributed by atoms with Crippen LogP contribution in [0.2, 0.25) is 0 Å². The van der Waals surface area contributed by atoms with Crippen molar-refractivity contribution in [3.8, 4) is 0 Å². The summed E-state index contributed by atoms with van der Waals surface area (Å²) in [4.78, 5) is 16.5. The minimum atomic E-state index is 0. The standard InChI is InChI=1S/C20H32N4O.HI/c1-4-21-19(22-14-11-18(25)24-16(2)3)23-15-20(12-8-13-20)17-9-6-5-7-10-17;/h5-7,9-10,16H,4,8,11-15H2,1-3H3,(H,24,25)(H2,21,22,23);1H. The first-order chi connectivity index (χ1) is 12.1. The second-order valence-electron chi connectivity index (χ2n) is 7.09. The molecule has 0 saturated heterocycles. The average molecular weight is 472 g/mol. The van der Waals surface area contributed by atoms with Crippen LogP contribution in [0.4, 0.5) is 0 Å². The minimum Gasteiger partial charge on any atom is -0.357 e. The fourth-order valence-electron chi connectivity index (χ4n) is 3.19. The number of amides is 1. The summed E-state index contributed by atoms with van der Waals surface area (Å²) in [5, 5.41) is 9.46. The van der Waals surface area contributed by atoms with Crippen LogP contribution >= 0.6 is 24.0 Å². The summed E-state index contributed by atoms with van der Waals surface area (Å²) in [6, 6.07) is 10.9. The third-order valence-corrected chi connectivity index (χ3v) is 4.68. The lowest BCUT2D eigenvalue weighted by atomic mass is 9.64. The van der Waals surface area contributed by atoms with Crippen molar-refractivity contribution >= 4 is 35.8 Å². The predicted molar refractivity (Wildman–Crippen MR) is 119 cm³/mol. The number of rotatable bonds is 8. The Kier molecular flexibility index (Phi) is 9.98. The largest absolute Gasteiger partial charge is 0.357 e. The van der Waals surface area contributed by atoms with Crippen molar-refractivity contribution in [1.82, 2.24) is 16.0 Å². The fraction of sp³-hybridized carbons (Fsp3) is 0.600. The van der Waals surface area contributed by atoms with Crippen LogP contribution in [0.1, 0.15) is 52.0 Å². The van der Waals surface area contributed by atoms with Gasteiger partial charge in [0, 0.05) is 31.0 Å². The van der Waals surface area contributed by atoms with E-state index in [0.717, 1.165) is 19.0 Å². The number of nitrogens with zero attached hydrogens (tertiary/aromatic N) is 1. The van der Waals surface area contributed by atoms with Crippen molar-refractivity contribution in [2.45, 2.75) is 57.9 Å². The van der Waals surface area contributed by atoms with Crippen LogP contribution < -0.4 is 16.0 Å². The molecule has 0 unspecified atom stereocenters. The Balaban J connectivity index is 0.00000338. The van der Waals surface area contributed by atoms with Crippen LogP contribution in [0.5, 0.6) is 0 Å². The van der Waals surface area contributed by atoms with E-state index in [1.165, 1.54) is 24.8 Å². The molecule has 0 heterocycles. The van der Waals surface area contributed by atoms with E-state index in [1.54, 1.807) is 0 Å². The maximum absolute atomic E-state index is 11.7. The van der Waals surface area contributed by atoms with Crippen molar-refractivity contribution in [1.29, 1.82) is 0 Å². The van der Waals surface area contributed by atoms with Crippen molar-refractivity contribution in [2.24, 2.45) is 4.99 Å². The van der Waals surface area contributed by atoms with Gasteiger partial charge in [-0.3, -0.25) is 9.79 Å². The summed E-state index contributed by atoms with van der Waals surface area (Å²) >= 11 is 0. The SMILES string of the molecule is CCNC(=NCC1(c2ccccc2)CCC1)NCCC(=O)NC(C)C.I. The van der Waals surface area contributed by atoms with Gasteiger partial charge in [-0.15, -0.1) is 24.0 Å². The Morgan fingerprint density at radius 2 is 1.88 bits per heavy atom. The lowest BCUT2D eigenvalue weighted by molar-refractivity contribution is -0.121. The molecule has 5 nitrogen and oxygen atoms in total. The topological polar surface area (TPSA) is 65.5 Å². The maximum atomic E-state index is 11.7. The van der Waals surface area contributed by atoms with Gasteiger partial charge in [-0.25, -0.2) is 0 Å². The molecule has 146 valence electrons. The van der Waals surface area contributed by atoms with Crippen molar-refractivity contribution in [3.63, 3.8) is 0 Å². The van der Waals surface area contributed by atoms with E-state index < -0.39 is 0 Å². The van der Waals surface area contributed by atoms with E-state index in [-0.39, 0.29) is 41.3 Å². The van der Waals surface area contributed by atoms with E-state index in [1.807, 2.05) is 13.8 Å². The second kappa shape index (κ2) is 11.4. The van der Waals surface area contributed by atoms with Gasteiger partial charge in [0.05, 0.1) is 6.54 Å². The highest BCUT2D eigenvalue weighted by atomic mass is 127. The lowest BCUT2D eigenvalue weighted by Gasteiger charge is -2.41. The van der Waals surface area contributed by atoms with Gasteiger partial charge >= 0.3 is 0 Å². The molecule has 0 radical (unpaired) electrons. The molecule has 0 atom stereocenters. The number of carbonyl (C=O) groups excluding carboxylic acids is 1. The molecule has 1 saturated carbocycles. The number of hydrogen-bond donors (Lipinski definition) is 3. The van der Waals surface area contributed by atoms with E-state index in [0.29, 0.717) is 13.0 Å². The molecular formula is C20H33IN4O. The van der Waals surface area contributed by atoms with Gasteiger partial charge < -0.3 is 16.0 Å². The predicted octanol–water partition coefficient (Wildman–Crippen LogP) is 3.20. The minimum absolute atomic E-state index is 0. The Morgan fingerprint density at radius 3 is 2.42 bits per heavy atom. The maximum Gasteiger partial charge on any atom is 0.221 e. The molecule has 6 heteroatoms. The van der Waals surface area contributed by atoms with E-state index in [2.05, 4.69) is 53.2 Å². The lowest BCUT2D eigenvalue weighted by Crippen LogP contribution is -2.42. The Hall–Kier alpha value is -1.31. The summed E-state index contributed by atoms with van der Waals surface area (Å²) < 4.78 is 0. The van der Waals surface area contributed by atoms with Crippen LogP contribution in [0.3, 0.4) is 0 Å². The van der Waals surface area contributed by atoms with Crippen LogP contribution in [0.25, 0.3) is 0 Å². The summed E-state index contributed by atoms with van der Waals surface area (Å²) in [6.07, 6.45) is 4.10. The Bertz CT molecular complexity index is 570. The van der Waals surface area contributed by atoms with Gasteiger partial charge in [0.25, 0.3) is 0 Å². The third kappa shape index (κ3) is 6.78. The summed E-state index contributed by atoms with van der Waals surface area (Å²) in [5.74, 6) is 0.861. The van der Waals surface area contributed by atoms with E-state index >= 15 is 0 Å². The highest BCUT2D eigenvalue weighted by Gasteiger charge is 2.38. The molecule has 1 aliphatic rings. The number of carbonyl (C=O) groups is 1. The molecule has 2 rings (SSSR count). The first kappa shape index (κ1) is 22.7. The molecular weight excluding hydrogens is 439 g/mol. The third-order valence-electron chi connectivity index (χ3n) is 4.68. The number of nitrogens with one attached hydrogen (secondary N) is 3. The average Bonchev–Trinajstić information content (AvgIpc) is 2.54. The zero-order chi connectivity index (χ0) is 18.1. The molecule has 3 N–H and O–H groups in total. The number of halogens is 1.